The van der Waals surface area contributed by atoms with E-state index in [4.69, 9.17) is 5.73 Å². The third kappa shape index (κ3) is 4.04. The van der Waals surface area contributed by atoms with E-state index < -0.39 is 15.6 Å². The number of benzene rings is 1. The first-order valence-electron chi connectivity index (χ1n) is 10.9. The van der Waals surface area contributed by atoms with Crippen molar-refractivity contribution in [2.75, 3.05) is 5.73 Å². The topological polar surface area (TPSA) is 101 Å². The van der Waals surface area contributed by atoms with Crippen molar-refractivity contribution in [1.82, 2.24) is 10.0 Å². The molecule has 0 radical (unpaired) electrons. The fourth-order valence-corrected chi connectivity index (χ4v) is 7.58. The molecule has 0 aromatic heterocycles. The van der Waals surface area contributed by atoms with Gasteiger partial charge in [-0.3, -0.25) is 4.79 Å². The largest absolute Gasteiger partial charge is 0.399 e. The molecule has 1 aromatic rings. The van der Waals surface area contributed by atoms with Gasteiger partial charge in [-0.05, 0) is 93.4 Å². The fourth-order valence-electron chi connectivity index (χ4n) is 6.18. The lowest BCUT2D eigenvalue weighted by atomic mass is 9.54. The average molecular weight is 420 g/mol. The molecule has 4 saturated carbocycles. The molecule has 4 aliphatic carbocycles. The van der Waals surface area contributed by atoms with Gasteiger partial charge in [0.2, 0.25) is 15.9 Å². The van der Waals surface area contributed by atoms with Crippen LogP contribution in [0, 0.1) is 23.7 Å². The van der Waals surface area contributed by atoms with Crippen molar-refractivity contribution in [1.29, 1.82) is 0 Å². The zero-order chi connectivity index (χ0) is 20.8. The Balaban J connectivity index is 1.51. The summed E-state index contributed by atoms with van der Waals surface area (Å²) in [6, 6.07) is 6.24. The number of anilines is 1. The molecular weight excluding hydrogens is 386 g/mol. The second-order valence-electron chi connectivity index (χ2n) is 9.69. The summed E-state index contributed by atoms with van der Waals surface area (Å²) >= 11 is 0. The Labute approximate surface area is 174 Å². The van der Waals surface area contributed by atoms with Gasteiger partial charge in [-0.2, -0.15) is 4.72 Å². The van der Waals surface area contributed by atoms with Crippen LogP contribution in [0.1, 0.15) is 58.8 Å². The Morgan fingerprint density at radius 2 is 1.62 bits per heavy atom. The lowest BCUT2D eigenvalue weighted by Crippen LogP contribution is -2.63. The van der Waals surface area contributed by atoms with Crippen LogP contribution in [0.25, 0.3) is 0 Å². The molecule has 160 valence electrons. The Bertz CT molecular complexity index is 840. The van der Waals surface area contributed by atoms with E-state index in [1.807, 2.05) is 6.92 Å². The summed E-state index contributed by atoms with van der Waals surface area (Å²) in [5.74, 6) is 2.56. The van der Waals surface area contributed by atoms with Crippen molar-refractivity contribution in [3.63, 3.8) is 0 Å². The van der Waals surface area contributed by atoms with Crippen LogP contribution >= 0.6 is 0 Å². The summed E-state index contributed by atoms with van der Waals surface area (Å²) in [6.45, 7) is 3.67. The average Bonchev–Trinajstić information content (AvgIpc) is 2.64. The molecule has 0 heterocycles. The van der Waals surface area contributed by atoms with Crippen LogP contribution in [-0.2, 0) is 14.8 Å². The number of amides is 1. The van der Waals surface area contributed by atoms with Crippen LogP contribution in [0.3, 0.4) is 0 Å². The summed E-state index contributed by atoms with van der Waals surface area (Å²) in [6.07, 6.45) is 7.34. The van der Waals surface area contributed by atoms with Crippen molar-refractivity contribution >= 4 is 21.6 Å². The molecule has 0 aliphatic heterocycles. The van der Waals surface area contributed by atoms with Crippen molar-refractivity contribution in [3.8, 4) is 0 Å². The van der Waals surface area contributed by atoms with E-state index in [1.165, 1.54) is 44.2 Å². The first-order valence-corrected chi connectivity index (χ1v) is 12.4. The normalized spacial score (nSPS) is 32.7. The number of carbonyl (C=O) groups is 1. The molecule has 1 aromatic carbocycles. The van der Waals surface area contributed by atoms with Crippen LogP contribution < -0.4 is 15.8 Å². The van der Waals surface area contributed by atoms with Crippen molar-refractivity contribution in [2.45, 2.75) is 75.3 Å². The van der Waals surface area contributed by atoms with Gasteiger partial charge < -0.3 is 11.1 Å². The molecule has 4 bridgehead atoms. The lowest BCUT2D eigenvalue weighted by molar-refractivity contribution is -0.130. The van der Waals surface area contributed by atoms with Crippen molar-refractivity contribution < 1.29 is 13.2 Å². The first-order chi connectivity index (χ1) is 13.7. The monoisotopic (exact) mass is 419 g/mol. The van der Waals surface area contributed by atoms with Crippen molar-refractivity contribution in [2.24, 2.45) is 23.7 Å². The number of carbonyl (C=O) groups excluding carboxylic acids is 1. The second-order valence-corrected chi connectivity index (χ2v) is 11.4. The van der Waals surface area contributed by atoms with E-state index in [0.29, 0.717) is 30.4 Å². The van der Waals surface area contributed by atoms with Gasteiger partial charge in [0.25, 0.3) is 0 Å². The molecule has 29 heavy (non-hydrogen) atoms. The highest BCUT2D eigenvalue weighted by Gasteiger charge is 2.50. The van der Waals surface area contributed by atoms with Crippen LogP contribution in [0.2, 0.25) is 0 Å². The van der Waals surface area contributed by atoms with E-state index in [0.717, 1.165) is 11.8 Å². The maximum atomic E-state index is 13.4. The third-order valence-electron chi connectivity index (χ3n) is 7.33. The number of nitrogens with one attached hydrogen (secondary N) is 2. The van der Waals surface area contributed by atoms with Gasteiger partial charge in [0.1, 0.15) is 5.54 Å². The number of hydrogen-bond acceptors (Lipinski definition) is 4. The Morgan fingerprint density at radius 3 is 2.14 bits per heavy atom. The predicted octanol–water partition coefficient (Wildman–Crippen LogP) is 3.05. The van der Waals surface area contributed by atoms with Crippen LogP contribution in [0.15, 0.2) is 29.2 Å². The molecule has 1 unspecified atom stereocenters. The van der Waals surface area contributed by atoms with Gasteiger partial charge in [-0.1, -0.05) is 13.3 Å². The smallest absolute Gasteiger partial charge is 0.241 e. The molecule has 4 N–H and O–H groups in total. The van der Waals surface area contributed by atoms with Gasteiger partial charge in [-0.15, -0.1) is 0 Å². The minimum atomic E-state index is -3.83. The van der Waals surface area contributed by atoms with E-state index in [1.54, 1.807) is 19.1 Å². The molecule has 6 nitrogen and oxygen atoms in total. The second kappa shape index (κ2) is 7.58. The molecule has 5 rings (SSSR count). The Hall–Kier alpha value is -1.60. The molecular formula is C22H33N3O3S. The highest BCUT2D eigenvalue weighted by atomic mass is 32.2. The van der Waals surface area contributed by atoms with E-state index in [2.05, 4.69) is 10.0 Å². The quantitative estimate of drug-likeness (QED) is 0.591. The predicted molar refractivity (Wildman–Crippen MR) is 113 cm³/mol. The zero-order valence-electron chi connectivity index (χ0n) is 17.4. The molecule has 4 fully saturated rings. The minimum Gasteiger partial charge on any atom is -0.399 e. The van der Waals surface area contributed by atoms with Gasteiger partial charge >= 0.3 is 0 Å². The first kappa shape index (κ1) is 20.7. The zero-order valence-corrected chi connectivity index (χ0v) is 18.2. The van der Waals surface area contributed by atoms with Gasteiger partial charge in [-0.25, -0.2) is 8.42 Å². The van der Waals surface area contributed by atoms with Gasteiger partial charge in [0, 0.05) is 11.7 Å². The van der Waals surface area contributed by atoms with Crippen LogP contribution in [0.4, 0.5) is 5.69 Å². The fraction of sp³-hybridized carbons (Fsp3) is 0.682. The van der Waals surface area contributed by atoms with Gasteiger partial charge in [0.15, 0.2) is 0 Å². The maximum absolute atomic E-state index is 13.4. The van der Waals surface area contributed by atoms with E-state index >= 15 is 0 Å². The number of nitrogen functional groups attached to an aromatic ring is 1. The highest BCUT2D eigenvalue weighted by Crippen LogP contribution is 2.53. The van der Waals surface area contributed by atoms with Crippen LogP contribution in [-0.4, -0.2) is 25.9 Å². The number of sulfonamides is 1. The summed E-state index contributed by atoms with van der Waals surface area (Å²) < 4.78 is 28.6. The Kier molecular flexibility index (Phi) is 5.40. The highest BCUT2D eigenvalue weighted by molar-refractivity contribution is 7.89. The van der Waals surface area contributed by atoms with E-state index in [9.17, 15) is 13.2 Å². The molecule has 1 amide bonds. The molecule has 0 spiro atoms. The lowest BCUT2D eigenvalue weighted by Gasteiger charge is -2.54. The maximum Gasteiger partial charge on any atom is 0.241 e. The summed E-state index contributed by atoms with van der Waals surface area (Å²) in [7, 11) is -3.83. The molecule has 0 saturated heterocycles. The SMILES string of the molecule is CCCC(C)(NS(=O)(=O)c1ccc(N)cc1)C(=O)NC1C2CC3CC(C2)CC1C3. The standard InChI is InChI=1S/C22H33N3O3S/c1-3-8-22(2,25-29(27,28)19-6-4-18(23)5-7-19)21(26)24-20-16-10-14-9-15(12-16)13-17(20)11-14/h4-7,14-17,20,25H,3,8-13,23H2,1-2H3,(H,24,26). The molecule has 7 heteroatoms. The summed E-state index contributed by atoms with van der Waals surface area (Å²) in [5, 5.41) is 3.28. The van der Waals surface area contributed by atoms with Crippen molar-refractivity contribution in [3.05, 3.63) is 24.3 Å². The van der Waals surface area contributed by atoms with Crippen LogP contribution in [0.5, 0.6) is 0 Å². The van der Waals surface area contributed by atoms with Gasteiger partial charge in [0.05, 0.1) is 4.90 Å². The summed E-state index contributed by atoms with van der Waals surface area (Å²) in [5.41, 5.74) is 5.00. The molecule has 4 aliphatic rings. The van der Waals surface area contributed by atoms with E-state index in [-0.39, 0.29) is 16.8 Å². The number of hydrogen-bond donors (Lipinski definition) is 3. The number of rotatable bonds is 7. The molecule has 1 atom stereocenters. The third-order valence-corrected chi connectivity index (χ3v) is 8.94. The Morgan fingerprint density at radius 1 is 1.07 bits per heavy atom. The minimum absolute atomic E-state index is 0.122. The summed E-state index contributed by atoms with van der Waals surface area (Å²) in [4.78, 5) is 13.5. The number of nitrogens with two attached hydrogens (primary N) is 1.